The molecule has 1 saturated carbocycles. The Morgan fingerprint density at radius 1 is 1.47 bits per heavy atom. The van der Waals surface area contributed by atoms with Crippen molar-refractivity contribution in [3.05, 3.63) is 0 Å². The van der Waals surface area contributed by atoms with Gasteiger partial charge in [-0.05, 0) is 19.8 Å². The van der Waals surface area contributed by atoms with Gasteiger partial charge in [0.15, 0.2) is 5.17 Å². The summed E-state index contributed by atoms with van der Waals surface area (Å²) in [6.07, 6.45) is 5.54. The molecule has 1 atom stereocenters. The van der Waals surface area contributed by atoms with Crippen molar-refractivity contribution in [2.24, 2.45) is 4.99 Å². The van der Waals surface area contributed by atoms with Gasteiger partial charge in [0.05, 0.1) is 6.54 Å². The van der Waals surface area contributed by atoms with E-state index in [0.717, 1.165) is 24.5 Å². The Morgan fingerprint density at radius 2 is 2.20 bits per heavy atom. The molecule has 2 aliphatic rings. The van der Waals surface area contributed by atoms with E-state index in [9.17, 15) is 0 Å². The summed E-state index contributed by atoms with van der Waals surface area (Å²) >= 11 is 5.50. The maximum Gasteiger partial charge on any atom is 0.159 e. The van der Waals surface area contributed by atoms with Gasteiger partial charge < -0.3 is 4.90 Å². The standard InChI is InChI=1S/C11H19BrN2S/c1-2-14(9-5-3-4-6-9)11-13-8-10(7-12)15-11/h9-10H,2-8H2,1H3. The minimum Gasteiger partial charge on any atom is -0.349 e. The third-order valence-electron chi connectivity index (χ3n) is 3.23. The third-order valence-corrected chi connectivity index (χ3v) is 5.66. The quantitative estimate of drug-likeness (QED) is 0.742. The van der Waals surface area contributed by atoms with Gasteiger partial charge in [0, 0.05) is 23.2 Å². The summed E-state index contributed by atoms with van der Waals surface area (Å²) in [5, 5.41) is 3.02. The summed E-state index contributed by atoms with van der Waals surface area (Å²) in [5.41, 5.74) is 0. The first-order valence-electron chi connectivity index (χ1n) is 5.89. The van der Waals surface area contributed by atoms with Crippen LogP contribution in [0.3, 0.4) is 0 Å². The molecule has 0 aromatic heterocycles. The van der Waals surface area contributed by atoms with Crippen molar-refractivity contribution < 1.29 is 0 Å². The van der Waals surface area contributed by atoms with Crippen LogP contribution in [0.15, 0.2) is 4.99 Å². The van der Waals surface area contributed by atoms with E-state index >= 15 is 0 Å². The van der Waals surface area contributed by atoms with Gasteiger partial charge in [0.2, 0.25) is 0 Å². The smallest absolute Gasteiger partial charge is 0.159 e. The van der Waals surface area contributed by atoms with Gasteiger partial charge in [-0.25, -0.2) is 0 Å². The van der Waals surface area contributed by atoms with Crippen molar-refractivity contribution in [3.63, 3.8) is 0 Å². The number of halogens is 1. The van der Waals surface area contributed by atoms with Crippen LogP contribution in [0.2, 0.25) is 0 Å². The van der Waals surface area contributed by atoms with Crippen LogP contribution in [0.25, 0.3) is 0 Å². The van der Waals surface area contributed by atoms with Gasteiger partial charge >= 0.3 is 0 Å². The molecule has 0 N–H and O–H groups in total. The van der Waals surface area contributed by atoms with Gasteiger partial charge in [-0.15, -0.1) is 0 Å². The Bertz CT molecular complexity index is 239. The number of rotatable bonds is 3. The zero-order valence-electron chi connectivity index (χ0n) is 9.29. The maximum absolute atomic E-state index is 4.68. The van der Waals surface area contributed by atoms with Gasteiger partial charge in [-0.1, -0.05) is 40.5 Å². The van der Waals surface area contributed by atoms with Gasteiger partial charge in [-0.3, -0.25) is 4.99 Å². The number of nitrogens with zero attached hydrogens (tertiary/aromatic N) is 2. The SMILES string of the molecule is CCN(C1=NCC(CBr)S1)C1CCCC1. The van der Waals surface area contributed by atoms with Crippen LogP contribution in [0, 0.1) is 0 Å². The van der Waals surface area contributed by atoms with E-state index < -0.39 is 0 Å². The third kappa shape index (κ3) is 2.70. The zero-order valence-corrected chi connectivity index (χ0v) is 11.7. The highest BCUT2D eigenvalue weighted by molar-refractivity contribution is 9.09. The molecule has 0 aromatic carbocycles. The molecule has 1 aliphatic heterocycles. The lowest BCUT2D eigenvalue weighted by molar-refractivity contribution is 0.335. The van der Waals surface area contributed by atoms with Crippen molar-refractivity contribution in [2.75, 3.05) is 18.4 Å². The van der Waals surface area contributed by atoms with E-state index in [1.54, 1.807) is 0 Å². The van der Waals surface area contributed by atoms with Crippen molar-refractivity contribution >= 4 is 32.9 Å². The predicted molar refractivity (Wildman–Crippen MR) is 72.1 cm³/mol. The molecule has 1 unspecified atom stereocenters. The van der Waals surface area contributed by atoms with Gasteiger partial charge in [0.25, 0.3) is 0 Å². The van der Waals surface area contributed by atoms with Crippen molar-refractivity contribution in [1.29, 1.82) is 0 Å². The van der Waals surface area contributed by atoms with Crippen LogP contribution in [0.5, 0.6) is 0 Å². The van der Waals surface area contributed by atoms with Crippen molar-refractivity contribution in [1.82, 2.24) is 4.90 Å². The lowest BCUT2D eigenvalue weighted by atomic mass is 10.2. The molecule has 0 radical (unpaired) electrons. The highest BCUT2D eigenvalue weighted by Crippen LogP contribution is 2.30. The Hall–Kier alpha value is 0.300. The maximum atomic E-state index is 4.68. The first-order chi connectivity index (χ1) is 7.35. The van der Waals surface area contributed by atoms with Gasteiger partial charge in [-0.2, -0.15) is 0 Å². The van der Waals surface area contributed by atoms with Crippen LogP contribution >= 0.6 is 27.7 Å². The highest BCUT2D eigenvalue weighted by atomic mass is 79.9. The van der Waals surface area contributed by atoms with Crippen LogP contribution < -0.4 is 0 Å². The topological polar surface area (TPSA) is 15.6 Å². The Kier molecular flexibility index (Phi) is 4.38. The summed E-state index contributed by atoms with van der Waals surface area (Å²) in [5.74, 6) is 0. The van der Waals surface area contributed by atoms with E-state index in [2.05, 4.69) is 32.7 Å². The van der Waals surface area contributed by atoms with Crippen molar-refractivity contribution in [2.45, 2.75) is 43.9 Å². The molecule has 2 nitrogen and oxygen atoms in total. The van der Waals surface area contributed by atoms with E-state index in [0.29, 0.717) is 5.25 Å². The number of alkyl halides is 1. The van der Waals surface area contributed by atoms with E-state index in [-0.39, 0.29) is 0 Å². The average Bonchev–Trinajstić information content (AvgIpc) is 2.89. The van der Waals surface area contributed by atoms with Crippen LogP contribution in [-0.4, -0.2) is 39.8 Å². The fourth-order valence-electron chi connectivity index (χ4n) is 2.41. The Labute approximate surface area is 105 Å². The van der Waals surface area contributed by atoms with E-state index in [1.807, 2.05) is 11.8 Å². The van der Waals surface area contributed by atoms with E-state index in [1.165, 1.54) is 30.9 Å². The molecule has 1 heterocycles. The molecule has 0 spiro atoms. The lowest BCUT2D eigenvalue weighted by Crippen LogP contribution is -2.36. The summed E-state index contributed by atoms with van der Waals surface area (Å²) in [6, 6.07) is 0.773. The molecule has 4 heteroatoms. The minimum absolute atomic E-state index is 0.662. The highest BCUT2D eigenvalue weighted by Gasteiger charge is 2.28. The number of amidine groups is 1. The molecule has 0 aromatic rings. The van der Waals surface area contributed by atoms with Gasteiger partial charge in [0.1, 0.15) is 0 Å². The molecule has 2 rings (SSSR count). The second kappa shape index (κ2) is 5.58. The summed E-state index contributed by atoms with van der Waals surface area (Å²) in [7, 11) is 0. The molecular formula is C11H19BrN2S. The molecule has 0 amide bonds. The summed E-state index contributed by atoms with van der Waals surface area (Å²) < 4.78 is 0. The fraction of sp³-hybridized carbons (Fsp3) is 0.909. The van der Waals surface area contributed by atoms with E-state index in [4.69, 9.17) is 0 Å². The molecule has 1 aliphatic carbocycles. The molecule has 86 valence electrons. The Balaban J connectivity index is 1.95. The second-order valence-corrected chi connectivity index (χ2v) is 6.16. The number of hydrogen-bond acceptors (Lipinski definition) is 3. The van der Waals surface area contributed by atoms with Crippen LogP contribution in [0.4, 0.5) is 0 Å². The zero-order chi connectivity index (χ0) is 10.7. The normalized spacial score (nSPS) is 27.1. The Morgan fingerprint density at radius 3 is 2.73 bits per heavy atom. The summed E-state index contributed by atoms with van der Waals surface area (Å²) in [6.45, 7) is 4.36. The predicted octanol–water partition coefficient (Wildman–Crippen LogP) is 3.12. The fourth-order valence-corrected chi connectivity index (χ4v) is 4.08. The van der Waals surface area contributed by atoms with Crippen LogP contribution in [-0.2, 0) is 0 Å². The molecular weight excluding hydrogens is 272 g/mol. The lowest BCUT2D eigenvalue weighted by Gasteiger charge is -2.29. The molecule has 0 saturated heterocycles. The largest absolute Gasteiger partial charge is 0.349 e. The number of aliphatic imine (C=N–C) groups is 1. The molecule has 0 bridgehead atoms. The first-order valence-corrected chi connectivity index (χ1v) is 7.89. The first kappa shape index (κ1) is 11.8. The number of hydrogen-bond donors (Lipinski definition) is 0. The molecule has 1 fully saturated rings. The monoisotopic (exact) mass is 290 g/mol. The van der Waals surface area contributed by atoms with Crippen molar-refractivity contribution in [3.8, 4) is 0 Å². The average molecular weight is 291 g/mol. The second-order valence-electron chi connectivity index (χ2n) is 4.24. The summed E-state index contributed by atoms with van der Waals surface area (Å²) in [4.78, 5) is 7.21. The minimum atomic E-state index is 0.662. The van der Waals surface area contributed by atoms with Crippen LogP contribution in [0.1, 0.15) is 32.6 Å². The number of thioether (sulfide) groups is 1. The molecule has 15 heavy (non-hydrogen) atoms.